The number of anilines is 1. The molecule has 0 fully saturated rings. The normalized spacial score (nSPS) is 19.8. The predicted molar refractivity (Wildman–Crippen MR) is 119 cm³/mol. The van der Waals surface area contributed by atoms with E-state index in [2.05, 4.69) is 40.4 Å². The maximum atomic E-state index is 6.11. The van der Waals surface area contributed by atoms with Gasteiger partial charge in [-0.15, -0.1) is 0 Å². The summed E-state index contributed by atoms with van der Waals surface area (Å²) < 4.78 is 0. The molecule has 2 aliphatic rings. The Morgan fingerprint density at radius 1 is 1.14 bits per heavy atom. The molecule has 2 heterocycles. The Balaban J connectivity index is 1.24. The van der Waals surface area contributed by atoms with Crippen molar-refractivity contribution in [3.63, 3.8) is 0 Å². The first-order valence-electron chi connectivity index (χ1n) is 10.2. The number of hydrogen-bond donors (Lipinski definition) is 2. The molecule has 144 valence electrons. The molecule has 4 heteroatoms. The summed E-state index contributed by atoms with van der Waals surface area (Å²) in [6, 6.07) is 12.6. The van der Waals surface area contributed by atoms with Crippen molar-refractivity contribution in [1.29, 1.82) is 0 Å². The smallest absolute Gasteiger partial charge is 0.0475 e. The number of nitrogen functional groups attached to an aromatic ring is 1. The second-order valence-corrected chi connectivity index (χ2v) is 8.59. The Morgan fingerprint density at radius 2 is 2.07 bits per heavy atom. The van der Waals surface area contributed by atoms with E-state index in [4.69, 9.17) is 17.3 Å². The summed E-state index contributed by atoms with van der Waals surface area (Å²) in [7, 11) is 0. The zero-order valence-electron chi connectivity index (χ0n) is 16.0. The highest BCUT2D eigenvalue weighted by molar-refractivity contribution is 6.31. The van der Waals surface area contributed by atoms with Crippen LogP contribution >= 0.6 is 11.6 Å². The molecule has 0 spiro atoms. The van der Waals surface area contributed by atoms with Gasteiger partial charge in [-0.25, -0.2) is 0 Å². The number of fused-ring (bicyclic) bond motifs is 2. The van der Waals surface area contributed by atoms with Crippen molar-refractivity contribution in [2.45, 2.75) is 31.6 Å². The average molecular weight is 392 g/mol. The molecule has 3 nitrogen and oxygen atoms in total. The van der Waals surface area contributed by atoms with Gasteiger partial charge in [-0.05, 0) is 79.1 Å². The molecule has 1 atom stereocenters. The first-order chi connectivity index (χ1) is 13.7. The molecule has 2 aromatic carbocycles. The minimum atomic E-state index is 0.669. The predicted octanol–water partition coefficient (Wildman–Crippen LogP) is 5.61. The number of H-pyrrole nitrogens is 1. The van der Waals surface area contributed by atoms with Gasteiger partial charge in [-0.3, -0.25) is 4.90 Å². The third-order valence-corrected chi connectivity index (χ3v) is 6.68. The fourth-order valence-electron chi connectivity index (χ4n) is 4.87. The zero-order chi connectivity index (χ0) is 19.1. The number of aromatic amines is 1. The first kappa shape index (κ1) is 17.8. The topological polar surface area (TPSA) is 45.0 Å². The lowest BCUT2D eigenvalue weighted by Crippen LogP contribution is -2.30. The molecular formula is C24H26ClN3. The van der Waals surface area contributed by atoms with E-state index in [1.807, 2.05) is 18.2 Å². The molecular weight excluding hydrogens is 366 g/mol. The van der Waals surface area contributed by atoms with E-state index < -0.39 is 0 Å². The Kier molecular flexibility index (Phi) is 4.65. The van der Waals surface area contributed by atoms with Gasteiger partial charge in [0.25, 0.3) is 0 Å². The molecule has 1 aliphatic carbocycles. The van der Waals surface area contributed by atoms with E-state index in [0.29, 0.717) is 5.92 Å². The summed E-state index contributed by atoms with van der Waals surface area (Å²) >= 11 is 6.11. The summed E-state index contributed by atoms with van der Waals surface area (Å²) in [5, 5.41) is 2.05. The van der Waals surface area contributed by atoms with Crippen molar-refractivity contribution >= 4 is 33.8 Å². The van der Waals surface area contributed by atoms with Crippen LogP contribution in [-0.2, 0) is 6.42 Å². The lowest BCUT2D eigenvalue weighted by atomic mass is 9.95. The summed E-state index contributed by atoms with van der Waals surface area (Å²) in [6.07, 6.45) is 9.33. The highest BCUT2D eigenvalue weighted by Crippen LogP contribution is 2.37. The van der Waals surface area contributed by atoms with E-state index in [1.165, 1.54) is 46.9 Å². The lowest BCUT2D eigenvalue weighted by Gasteiger charge is -2.27. The largest absolute Gasteiger partial charge is 0.399 e. The standard InChI is InChI=1S/C24H26ClN3/c25-19-4-6-21-23(15-27-24(21)13-19)18-8-11-28(12-9-18)10-7-17-2-1-16-3-5-20(26)14-22(16)17/h3-6,8,13-15,17,27H,1-2,7,9-12,26H2. The van der Waals surface area contributed by atoms with Gasteiger partial charge in [0.2, 0.25) is 0 Å². The van der Waals surface area contributed by atoms with E-state index >= 15 is 0 Å². The number of rotatable bonds is 4. The third kappa shape index (κ3) is 3.34. The number of hydrogen-bond acceptors (Lipinski definition) is 2. The van der Waals surface area contributed by atoms with Crippen LogP contribution in [0.1, 0.15) is 41.9 Å². The van der Waals surface area contributed by atoms with Gasteiger partial charge in [0.05, 0.1) is 0 Å². The quantitative estimate of drug-likeness (QED) is 0.567. The van der Waals surface area contributed by atoms with Crippen molar-refractivity contribution in [2.75, 3.05) is 25.4 Å². The molecule has 28 heavy (non-hydrogen) atoms. The highest BCUT2D eigenvalue weighted by atomic mass is 35.5. The summed E-state index contributed by atoms with van der Waals surface area (Å²) in [6.45, 7) is 3.32. The summed E-state index contributed by atoms with van der Waals surface area (Å²) in [4.78, 5) is 5.95. The fourth-order valence-corrected chi connectivity index (χ4v) is 5.04. The number of nitrogens with one attached hydrogen (secondary N) is 1. The number of nitrogens with two attached hydrogens (primary N) is 1. The van der Waals surface area contributed by atoms with E-state index in [9.17, 15) is 0 Å². The van der Waals surface area contributed by atoms with Gasteiger partial charge in [0, 0.05) is 46.5 Å². The van der Waals surface area contributed by atoms with Gasteiger partial charge in [-0.1, -0.05) is 29.8 Å². The van der Waals surface area contributed by atoms with Crippen LogP contribution in [0.3, 0.4) is 0 Å². The van der Waals surface area contributed by atoms with Gasteiger partial charge in [-0.2, -0.15) is 0 Å². The Morgan fingerprint density at radius 3 is 2.93 bits per heavy atom. The third-order valence-electron chi connectivity index (χ3n) is 6.45. The molecule has 3 aromatic rings. The number of nitrogens with zero attached hydrogens (tertiary/aromatic N) is 1. The van der Waals surface area contributed by atoms with E-state index in [-0.39, 0.29) is 0 Å². The molecule has 3 N–H and O–H groups in total. The van der Waals surface area contributed by atoms with Gasteiger partial charge >= 0.3 is 0 Å². The van der Waals surface area contributed by atoms with Crippen LogP contribution < -0.4 is 5.73 Å². The van der Waals surface area contributed by atoms with Crippen molar-refractivity contribution in [3.05, 3.63) is 70.4 Å². The molecule has 0 saturated carbocycles. The van der Waals surface area contributed by atoms with Crippen LogP contribution in [-0.4, -0.2) is 29.5 Å². The fraction of sp³-hybridized carbons (Fsp3) is 0.333. The lowest BCUT2D eigenvalue weighted by molar-refractivity contribution is 0.288. The Hall–Kier alpha value is -2.23. The maximum Gasteiger partial charge on any atom is 0.0475 e. The van der Waals surface area contributed by atoms with Crippen LogP contribution in [0.4, 0.5) is 5.69 Å². The zero-order valence-corrected chi connectivity index (χ0v) is 16.8. The van der Waals surface area contributed by atoms with Crippen molar-refractivity contribution in [3.8, 4) is 0 Å². The van der Waals surface area contributed by atoms with Gasteiger partial charge in [0.15, 0.2) is 0 Å². The number of benzene rings is 2. The summed E-state index contributed by atoms with van der Waals surface area (Å²) in [5.41, 5.74) is 13.8. The molecule has 0 amide bonds. The summed E-state index contributed by atoms with van der Waals surface area (Å²) in [5.74, 6) is 0.669. The monoisotopic (exact) mass is 391 g/mol. The van der Waals surface area contributed by atoms with E-state index in [0.717, 1.165) is 42.3 Å². The molecule has 1 aliphatic heterocycles. The number of aryl methyl sites for hydroxylation is 1. The molecule has 0 radical (unpaired) electrons. The Bertz CT molecular complexity index is 1050. The maximum absolute atomic E-state index is 6.11. The number of halogens is 1. The second-order valence-electron chi connectivity index (χ2n) is 8.15. The number of aromatic nitrogens is 1. The van der Waals surface area contributed by atoms with Crippen LogP contribution in [0.5, 0.6) is 0 Å². The van der Waals surface area contributed by atoms with Crippen molar-refractivity contribution in [1.82, 2.24) is 9.88 Å². The van der Waals surface area contributed by atoms with Crippen LogP contribution in [0, 0.1) is 0 Å². The van der Waals surface area contributed by atoms with Crippen LogP contribution in [0.15, 0.2) is 48.7 Å². The molecule has 5 rings (SSSR count). The SMILES string of the molecule is Nc1ccc2c(c1)C(CCN1CC=C(c3c[nH]c4cc(Cl)ccc34)CC1)CC2. The molecule has 0 bridgehead atoms. The van der Waals surface area contributed by atoms with Crippen LogP contribution in [0.25, 0.3) is 16.5 Å². The molecule has 0 saturated heterocycles. The minimum Gasteiger partial charge on any atom is -0.399 e. The van der Waals surface area contributed by atoms with Crippen molar-refractivity contribution < 1.29 is 0 Å². The van der Waals surface area contributed by atoms with Gasteiger partial charge in [0.1, 0.15) is 0 Å². The second kappa shape index (κ2) is 7.31. The Labute approximate surface area is 171 Å². The first-order valence-corrected chi connectivity index (χ1v) is 10.6. The molecule has 1 unspecified atom stereocenters. The van der Waals surface area contributed by atoms with Gasteiger partial charge < -0.3 is 10.7 Å². The molecule has 1 aromatic heterocycles. The van der Waals surface area contributed by atoms with Crippen molar-refractivity contribution in [2.24, 2.45) is 0 Å². The highest BCUT2D eigenvalue weighted by Gasteiger charge is 2.23. The average Bonchev–Trinajstić information content (AvgIpc) is 3.30. The minimum absolute atomic E-state index is 0.669. The van der Waals surface area contributed by atoms with E-state index in [1.54, 1.807) is 0 Å². The van der Waals surface area contributed by atoms with Crippen LogP contribution in [0.2, 0.25) is 5.02 Å².